The van der Waals surface area contributed by atoms with Crippen molar-refractivity contribution in [1.29, 1.82) is 0 Å². The molecule has 0 heterocycles. The minimum absolute atomic E-state index is 0.158. The number of ketones is 2. The van der Waals surface area contributed by atoms with Crippen LogP contribution in [0.15, 0.2) is 64.8 Å². The molecule has 0 spiro atoms. The standard InChI is InChI=1S/C26H24F3NO4/c1-14-15(2)25(33)22(16(3)24(14)32)12-18-5-10-23(34-17(4)31)19(11-18)13-30-21-8-6-20(7-9-21)26(27,28)29/h5-11,30H,12-13H2,1-4H3. The first-order valence-corrected chi connectivity index (χ1v) is 10.6. The molecule has 0 fully saturated rings. The summed E-state index contributed by atoms with van der Waals surface area (Å²) in [6.45, 7) is 6.31. The molecule has 0 radical (unpaired) electrons. The smallest absolute Gasteiger partial charge is 0.416 e. The average Bonchev–Trinajstić information content (AvgIpc) is 2.78. The summed E-state index contributed by atoms with van der Waals surface area (Å²) in [6, 6.07) is 9.63. The van der Waals surface area contributed by atoms with Gasteiger partial charge in [0.15, 0.2) is 11.6 Å². The van der Waals surface area contributed by atoms with E-state index >= 15 is 0 Å². The van der Waals surface area contributed by atoms with E-state index in [1.807, 2.05) is 0 Å². The van der Waals surface area contributed by atoms with Crippen molar-refractivity contribution in [3.8, 4) is 5.75 Å². The van der Waals surface area contributed by atoms with E-state index in [1.54, 1.807) is 39.0 Å². The molecule has 34 heavy (non-hydrogen) atoms. The molecular weight excluding hydrogens is 447 g/mol. The number of rotatable bonds is 6. The van der Waals surface area contributed by atoms with E-state index in [0.717, 1.165) is 17.7 Å². The Balaban J connectivity index is 1.86. The zero-order valence-corrected chi connectivity index (χ0v) is 19.2. The molecule has 0 amide bonds. The fraction of sp³-hybridized carbons (Fsp3) is 0.269. The Morgan fingerprint density at radius 2 is 1.53 bits per heavy atom. The molecule has 1 N–H and O–H groups in total. The Morgan fingerprint density at radius 1 is 0.912 bits per heavy atom. The first-order chi connectivity index (χ1) is 15.9. The third-order valence-electron chi connectivity index (χ3n) is 5.77. The number of carbonyl (C=O) groups is 3. The van der Waals surface area contributed by atoms with Crippen LogP contribution in [0.3, 0.4) is 0 Å². The Kier molecular flexibility index (Phi) is 7.09. The van der Waals surface area contributed by atoms with Gasteiger partial charge >= 0.3 is 12.1 Å². The lowest BCUT2D eigenvalue weighted by Crippen LogP contribution is -2.22. The second-order valence-corrected chi connectivity index (χ2v) is 8.15. The summed E-state index contributed by atoms with van der Waals surface area (Å²) in [5.41, 5.74) is 2.68. The molecule has 1 aliphatic rings. The Morgan fingerprint density at radius 3 is 2.12 bits per heavy atom. The van der Waals surface area contributed by atoms with Crippen molar-refractivity contribution in [2.75, 3.05) is 5.32 Å². The molecular formula is C26H24F3NO4. The molecule has 0 aliphatic heterocycles. The van der Waals surface area contributed by atoms with Crippen LogP contribution in [0, 0.1) is 0 Å². The zero-order chi connectivity index (χ0) is 25.2. The van der Waals surface area contributed by atoms with Crippen LogP contribution in [0.4, 0.5) is 18.9 Å². The summed E-state index contributed by atoms with van der Waals surface area (Å²) in [7, 11) is 0. The summed E-state index contributed by atoms with van der Waals surface area (Å²) in [5.74, 6) is -0.568. The van der Waals surface area contributed by atoms with Crippen molar-refractivity contribution in [3.63, 3.8) is 0 Å². The summed E-state index contributed by atoms with van der Waals surface area (Å²) in [4.78, 5) is 36.8. The Bertz CT molecular complexity index is 1220. The van der Waals surface area contributed by atoms with Gasteiger partial charge in [-0.2, -0.15) is 13.2 Å². The first-order valence-electron chi connectivity index (χ1n) is 10.6. The van der Waals surface area contributed by atoms with E-state index in [2.05, 4.69) is 5.32 Å². The van der Waals surface area contributed by atoms with Gasteiger partial charge in [-0.25, -0.2) is 0 Å². The van der Waals surface area contributed by atoms with Crippen LogP contribution >= 0.6 is 0 Å². The number of halogens is 3. The van der Waals surface area contributed by atoms with Gasteiger partial charge in [-0.15, -0.1) is 0 Å². The van der Waals surface area contributed by atoms with E-state index in [4.69, 9.17) is 4.74 Å². The van der Waals surface area contributed by atoms with Gasteiger partial charge < -0.3 is 10.1 Å². The maximum Gasteiger partial charge on any atom is 0.416 e. The number of carbonyl (C=O) groups excluding carboxylic acids is 3. The van der Waals surface area contributed by atoms with E-state index in [9.17, 15) is 27.6 Å². The number of hydrogen-bond acceptors (Lipinski definition) is 5. The monoisotopic (exact) mass is 471 g/mol. The highest BCUT2D eigenvalue weighted by molar-refractivity contribution is 6.24. The number of alkyl halides is 3. The molecule has 178 valence electrons. The predicted molar refractivity (Wildman–Crippen MR) is 121 cm³/mol. The van der Waals surface area contributed by atoms with Crippen LogP contribution in [0.2, 0.25) is 0 Å². The van der Waals surface area contributed by atoms with Gasteiger partial charge in [-0.05, 0) is 62.7 Å². The average molecular weight is 471 g/mol. The molecule has 5 nitrogen and oxygen atoms in total. The Hall–Kier alpha value is -3.68. The lowest BCUT2D eigenvalue weighted by atomic mass is 9.83. The molecule has 0 bridgehead atoms. The summed E-state index contributed by atoms with van der Waals surface area (Å²) in [6.07, 6.45) is -4.21. The molecule has 0 atom stereocenters. The van der Waals surface area contributed by atoms with Crippen LogP contribution in [-0.2, 0) is 33.5 Å². The molecule has 1 aliphatic carbocycles. The lowest BCUT2D eigenvalue weighted by Gasteiger charge is -2.19. The minimum Gasteiger partial charge on any atom is -0.426 e. The second kappa shape index (κ2) is 9.67. The molecule has 2 aromatic rings. The number of benzene rings is 2. The third-order valence-corrected chi connectivity index (χ3v) is 5.77. The van der Waals surface area contributed by atoms with Crippen molar-refractivity contribution >= 4 is 23.2 Å². The zero-order valence-electron chi connectivity index (χ0n) is 19.2. The van der Waals surface area contributed by atoms with Crippen molar-refractivity contribution in [1.82, 2.24) is 0 Å². The quantitative estimate of drug-likeness (QED) is 0.338. The van der Waals surface area contributed by atoms with E-state index in [1.165, 1.54) is 19.1 Å². The van der Waals surface area contributed by atoms with Crippen molar-refractivity contribution in [3.05, 3.63) is 81.4 Å². The summed E-state index contributed by atoms with van der Waals surface area (Å²) >= 11 is 0. The van der Waals surface area contributed by atoms with Crippen molar-refractivity contribution < 1.29 is 32.3 Å². The van der Waals surface area contributed by atoms with Gasteiger partial charge in [0.05, 0.1) is 5.56 Å². The van der Waals surface area contributed by atoms with Gasteiger partial charge in [0, 0.05) is 53.4 Å². The molecule has 0 aromatic heterocycles. The largest absolute Gasteiger partial charge is 0.426 e. The van der Waals surface area contributed by atoms with Crippen LogP contribution in [-0.4, -0.2) is 17.5 Å². The topological polar surface area (TPSA) is 72.5 Å². The van der Waals surface area contributed by atoms with Gasteiger partial charge in [0.2, 0.25) is 0 Å². The van der Waals surface area contributed by atoms with E-state index in [-0.39, 0.29) is 24.5 Å². The number of ether oxygens (including phenoxy) is 1. The number of nitrogens with one attached hydrogen (secondary N) is 1. The SMILES string of the molecule is CC(=O)Oc1ccc(CC2=C(C)C(=O)C(C)=C(C)C2=O)cc1CNc1ccc(C(F)(F)F)cc1. The summed E-state index contributed by atoms with van der Waals surface area (Å²) < 4.78 is 43.6. The van der Waals surface area contributed by atoms with Crippen LogP contribution < -0.4 is 10.1 Å². The van der Waals surface area contributed by atoms with Crippen molar-refractivity contribution in [2.24, 2.45) is 0 Å². The fourth-order valence-corrected chi connectivity index (χ4v) is 3.68. The maximum absolute atomic E-state index is 12.8. The lowest BCUT2D eigenvalue weighted by molar-refractivity contribution is -0.137. The highest BCUT2D eigenvalue weighted by Crippen LogP contribution is 2.31. The number of hydrogen-bond donors (Lipinski definition) is 1. The Labute approximate surface area is 195 Å². The van der Waals surface area contributed by atoms with E-state index < -0.39 is 17.7 Å². The van der Waals surface area contributed by atoms with E-state index in [0.29, 0.717) is 39.3 Å². The van der Waals surface area contributed by atoms with Crippen LogP contribution in [0.5, 0.6) is 5.75 Å². The first kappa shape index (κ1) is 25.0. The third kappa shape index (κ3) is 5.44. The van der Waals surface area contributed by atoms with Crippen LogP contribution in [0.1, 0.15) is 44.4 Å². The fourth-order valence-electron chi connectivity index (χ4n) is 3.68. The number of allylic oxidation sites excluding steroid dienone is 4. The molecule has 0 unspecified atom stereocenters. The number of anilines is 1. The van der Waals surface area contributed by atoms with Crippen LogP contribution in [0.25, 0.3) is 0 Å². The van der Waals surface area contributed by atoms with Gasteiger partial charge in [-0.3, -0.25) is 14.4 Å². The summed E-state index contributed by atoms with van der Waals surface area (Å²) in [5, 5.41) is 3.02. The van der Waals surface area contributed by atoms with Gasteiger partial charge in [-0.1, -0.05) is 6.07 Å². The second-order valence-electron chi connectivity index (χ2n) is 8.15. The molecule has 0 saturated heterocycles. The molecule has 8 heteroatoms. The van der Waals surface area contributed by atoms with Gasteiger partial charge in [0.25, 0.3) is 0 Å². The number of Topliss-reactive ketones (excluding diaryl/α,β-unsaturated/α-hetero) is 2. The van der Waals surface area contributed by atoms with Gasteiger partial charge in [0.1, 0.15) is 5.75 Å². The molecule has 0 saturated carbocycles. The normalized spacial score (nSPS) is 14.6. The predicted octanol–water partition coefficient (Wildman–Crippen LogP) is 5.59. The molecule has 2 aromatic carbocycles. The highest BCUT2D eigenvalue weighted by atomic mass is 19.4. The molecule has 3 rings (SSSR count). The number of esters is 1. The van der Waals surface area contributed by atoms with Crippen molar-refractivity contribution in [2.45, 2.75) is 46.8 Å². The minimum atomic E-state index is -4.42. The maximum atomic E-state index is 12.8. The highest BCUT2D eigenvalue weighted by Gasteiger charge is 2.30.